The maximum atomic E-state index is 12.2. The summed E-state index contributed by atoms with van der Waals surface area (Å²) >= 11 is 0. The highest BCUT2D eigenvalue weighted by molar-refractivity contribution is 5.91. The summed E-state index contributed by atoms with van der Waals surface area (Å²) in [5, 5.41) is 12.2. The molecule has 6 aliphatic rings. The molecule has 9 atom stereocenters. The van der Waals surface area contributed by atoms with Gasteiger partial charge in [0.05, 0.1) is 5.60 Å². The Morgan fingerprint density at radius 1 is 1.09 bits per heavy atom. The third kappa shape index (κ3) is 3.08. The molecule has 0 radical (unpaired) electrons. The lowest BCUT2D eigenvalue weighted by Crippen LogP contribution is -2.57. The number of carbonyl (C=O) groups excluding carboxylic acids is 1. The quantitative estimate of drug-likeness (QED) is 0.577. The summed E-state index contributed by atoms with van der Waals surface area (Å²) in [6, 6.07) is 0. The van der Waals surface area contributed by atoms with Crippen LogP contribution in [0.5, 0.6) is 0 Å². The van der Waals surface area contributed by atoms with Crippen molar-refractivity contribution >= 4 is 5.78 Å². The van der Waals surface area contributed by atoms with E-state index >= 15 is 0 Å². The van der Waals surface area contributed by atoms with Gasteiger partial charge < -0.3 is 14.6 Å². The van der Waals surface area contributed by atoms with Crippen LogP contribution >= 0.6 is 0 Å². The predicted octanol–water partition coefficient (Wildman–Crippen LogP) is 5.43. The molecule has 32 heavy (non-hydrogen) atoms. The van der Waals surface area contributed by atoms with Crippen LogP contribution in [-0.2, 0) is 14.3 Å². The Labute approximate surface area is 193 Å². The normalized spacial score (nSPS) is 51.8. The molecule has 0 aromatic heterocycles. The molecule has 0 bridgehead atoms. The van der Waals surface area contributed by atoms with Gasteiger partial charge >= 0.3 is 0 Å². The second-order valence-electron chi connectivity index (χ2n) is 12.5. The summed E-state index contributed by atoms with van der Waals surface area (Å²) < 4.78 is 11.7. The molecule has 4 saturated carbocycles. The van der Waals surface area contributed by atoms with Crippen molar-refractivity contribution in [2.24, 2.45) is 40.4 Å². The molecule has 1 aliphatic heterocycles. The molecular formula is C28H42O4. The number of hydrogen-bond donors (Lipinski definition) is 1. The van der Waals surface area contributed by atoms with Gasteiger partial charge in [-0.1, -0.05) is 19.4 Å². The Hall–Kier alpha value is -0.710. The second kappa shape index (κ2) is 7.65. The van der Waals surface area contributed by atoms with E-state index in [1.54, 1.807) is 0 Å². The molecule has 0 amide bonds. The number of ether oxygens (including phenoxy) is 2. The number of allylic oxidation sites excluding steroid dienone is 1. The molecule has 0 spiro atoms. The van der Waals surface area contributed by atoms with Gasteiger partial charge in [0.1, 0.15) is 0 Å². The fraction of sp³-hybridized carbons (Fsp3) is 0.893. The molecule has 6 rings (SSSR count). The van der Waals surface area contributed by atoms with Gasteiger partial charge in [0.15, 0.2) is 12.1 Å². The van der Waals surface area contributed by atoms with Crippen molar-refractivity contribution in [2.75, 3.05) is 13.2 Å². The van der Waals surface area contributed by atoms with E-state index < -0.39 is 5.60 Å². The minimum atomic E-state index is -0.524. The highest BCUT2D eigenvalue weighted by Crippen LogP contribution is 2.77. The second-order valence-corrected chi connectivity index (χ2v) is 12.5. The molecule has 4 nitrogen and oxygen atoms in total. The van der Waals surface area contributed by atoms with E-state index in [0.29, 0.717) is 30.1 Å². The van der Waals surface area contributed by atoms with Crippen LogP contribution in [0, 0.1) is 40.4 Å². The van der Waals surface area contributed by atoms with Gasteiger partial charge in [0.2, 0.25) is 0 Å². The lowest BCUT2D eigenvalue weighted by Gasteiger charge is -2.60. The average Bonchev–Trinajstić information content (AvgIpc) is 3.55. The Balaban J connectivity index is 1.16. The predicted molar refractivity (Wildman–Crippen MR) is 123 cm³/mol. The molecule has 0 aromatic carbocycles. The summed E-state index contributed by atoms with van der Waals surface area (Å²) in [5.74, 6) is 3.65. The van der Waals surface area contributed by atoms with Crippen molar-refractivity contribution in [2.45, 2.75) is 103 Å². The number of rotatable bonds is 5. The Kier molecular flexibility index (Phi) is 5.21. The molecule has 4 heteroatoms. The van der Waals surface area contributed by atoms with Crippen molar-refractivity contribution < 1.29 is 19.4 Å². The van der Waals surface area contributed by atoms with Gasteiger partial charge in [-0.15, -0.1) is 0 Å². The van der Waals surface area contributed by atoms with Gasteiger partial charge in [0, 0.05) is 19.6 Å². The molecule has 1 heterocycles. The van der Waals surface area contributed by atoms with Crippen LogP contribution in [0.3, 0.4) is 0 Å². The standard InChI is InChI=1S/C28H42O4/c1-26-12-9-19(29)16-18(26)7-8-20-22(26)10-13-27(2)25(20)21-17-23(21)28(27,30)11-5-15-32-24-6-3-4-14-31-24/h16,20-25,30H,3-15,17H2,1-2H3/t20-,21+,22+,23-,24?,25-,26+,27+,28+/m1/s1. The van der Waals surface area contributed by atoms with Crippen LogP contribution in [0.1, 0.15) is 90.9 Å². The van der Waals surface area contributed by atoms with E-state index in [4.69, 9.17) is 9.47 Å². The monoisotopic (exact) mass is 442 g/mol. The Morgan fingerprint density at radius 2 is 1.97 bits per heavy atom. The van der Waals surface area contributed by atoms with Crippen LogP contribution in [0.25, 0.3) is 0 Å². The molecule has 178 valence electrons. The fourth-order valence-corrected chi connectivity index (χ4v) is 9.56. The number of ketones is 1. The minimum absolute atomic E-state index is 0.0259. The van der Waals surface area contributed by atoms with Gasteiger partial charge in [-0.05, 0) is 117 Å². The molecule has 5 aliphatic carbocycles. The van der Waals surface area contributed by atoms with E-state index in [-0.39, 0.29) is 17.1 Å². The molecule has 5 fully saturated rings. The van der Waals surface area contributed by atoms with Gasteiger partial charge in [-0.25, -0.2) is 0 Å². The van der Waals surface area contributed by atoms with Gasteiger partial charge in [-0.2, -0.15) is 0 Å². The number of aliphatic hydroxyl groups is 1. The average molecular weight is 443 g/mol. The van der Waals surface area contributed by atoms with Gasteiger partial charge in [-0.3, -0.25) is 4.79 Å². The topological polar surface area (TPSA) is 55.8 Å². The first-order chi connectivity index (χ1) is 15.4. The van der Waals surface area contributed by atoms with E-state index in [2.05, 4.69) is 13.8 Å². The van der Waals surface area contributed by atoms with E-state index in [1.165, 1.54) is 31.3 Å². The SMILES string of the molecule is C[C@]12CCC(=O)C=C1CC[C@H]1[C@@H]3[C@H]4C[C@H]4[C@@](O)(CCCOC4CCCCO4)[C@@]3(C)CC[C@@H]12. The molecule has 1 saturated heterocycles. The maximum Gasteiger partial charge on any atom is 0.157 e. The summed E-state index contributed by atoms with van der Waals surface area (Å²) in [4.78, 5) is 12.1. The van der Waals surface area contributed by atoms with E-state index in [0.717, 1.165) is 69.8 Å². The highest BCUT2D eigenvalue weighted by atomic mass is 16.7. The third-order valence-corrected chi connectivity index (χ3v) is 11.3. The third-order valence-electron chi connectivity index (χ3n) is 11.3. The summed E-state index contributed by atoms with van der Waals surface area (Å²) in [7, 11) is 0. The highest BCUT2D eigenvalue weighted by Gasteiger charge is 2.75. The fourth-order valence-electron chi connectivity index (χ4n) is 9.56. The summed E-state index contributed by atoms with van der Waals surface area (Å²) in [6.07, 6.45) is 14.8. The van der Waals surface area contributed by atoms with Crippen molar-refractivity contribution in [1.29, 1.82) is 0 Å². The van der Waals surface area contributed by atoms with Crippen LogP contribution < -0.4 is 0 Å². The smallest absolute Gasteiger partial charge is 0.157 e. The van der Waals surface area contributed by atoms with Crippen molar-refractivity contribution in [3.05, 3.63) is 11.6 Å². The van der Waals surface area contributed by atoms with Crippen LogP contribution in [0.15, 0.2) is 11.6 Å². The maximum absolute atomic E-state index is 12.2. The van der Waals surface area contributed by atoms with E-state index in [1.807, 2.05) is 6.08 Å². The van der Waals surface area contributed by atoms with Crippen molar-refractivity contribution in [3.8, 4) is 0 Å². The van der Waals surface area contributed by atoms with Crippen molar-refractivity contribution in [3.63, 3.8) is 0 Å². The minimum Gasteiger partial charge on any atom is -0.389 e. The Morgan fingerprint density at radius 3 is 2.78 bits per heavy atom. The first kappa shape index (κ1) is 21.8. The van der Waals surface area contributed by atoms with Crippen molar-refractivity contribution in [1.82, 2.24) is 0 Å². The zero-order chi connectivity index (χ0) is 22.1. The largest absolute Gasteiger partial charge is 0.389 e. The number of carbonyl (C=O) groups is 1. The Bertz CT molecular complexity index is 799. The lowest BCUT2D eigenvalue weighted by molar-refractivity contribution is -0.173. The summed E-state index contributed by atoms with van der Waals surface area (Å²) in [5.41, 5.74) is 1.19. The zero-order valence-electron chi connectivity index (χ0n) is 20.1. The lowest BCUT2D eigenvalue weighted by atomic mass is 9.45. The molecule has 1 N–H and O–H groups in total. The zero-order valence-corrected chi connectivity index (χ0v) is 20.1. The first-order valence-electron chi connectivity index (χ1n) is 13.6. The first-order valence-corrected chi connectivity index (χ1v) is 13.6. The molecule has 0 aromatic rings. The van der Waals surface area contributed by atoms with E-state index in [9.17, 15) is 9.90 Å². The number of fused-ring (bicyclic) bond motifs is 7. The van der Waals surface area contributed by atoms with Crippen LogP contribution in [-0.4, -0.2) is 36.0 Å². The van der Waals surface area contributed by atoms with Crippen LogP contribution in [0.2, 0.25) is 0 Å². The molecular weight excluding hydrogens is 400 g/mol. The van der Waals surface area contributed by atoms with Crippen LogP contribution in [0.4, 0.5) is 0 Å². The van der Waals surface area contributed by atoms with Gasteiger partial charge in [0.25, 0.3) is 0 Å². The number of hydrogen-bond acceptors (Lipinski definition) is 4. The molecule has 1 unspecified atom stereocenters. The summed E-state index contributed by atoms with van der Waals surface area (Å²) in [6.45, 7) is 6.42.